The van der Waals surface area contributed by atoms with Crippen molar-refractivity contribution in [1.29, 1.82) is 0 Å². The van der Waals surface area contributed by atoms with Gasteiger partial charge in [0.1, 0.15) is 6.10 Å². The van der Waals surface area contributed by atoms with E-state index in [0.717, 1.165) is 43.1 Å². The van der Waals surface area contributed by atoms with E-state index in [9.17, 15) is 4.79 Å². The second-order valence-electron chi connectivity index (χ2n) is 7.40. The number of nitrogens with zero attached hydrogens (tertiary/aromatic N) is 2. The quantitative estimate of drug-likeness (QED) is 0.566. The van der Waals surface area contributed by atoms with E-state index in [1.165, 1.54) is 5.56 Å². The smallest absolute Gasteiger partial charge is 0.222 e. The Labute approximate surface area is 166 Å². The Morgan fingerprint density at radius 3 is 2.71 bits per heavy atom. The third-order valence-electron chi connectivity index (χ3n) is 5.31. The summed E-state index contributed by atoms with van der Waals surface area (Å²) in [6.07, 6.45) is 4.53. The highest BCUT2D eigenvalue weighted by Crippen LogP contribution is 2.21. The number of benzene rings is 2. The molecular formula is C24H26N2O2. The second kappa shape index (κ2) is 8.87. The number of rotatable bonds is 7. The van der Waals surface area contributed by atoms with Gasteiger partial charge in [-0.1, -0.05) is 48.5 Å². The molecule has 0 radical (unpaired) electrons. The van der Waals surface area contributed by atoms with Crippen molar-refractivity contribution in [3.63, 3.8) is 0 Å². The number of fused-ring (bicyclic) bond motifs is 1. The molecule has 4 nitrogen and oxygen atoms in total. The van der Waals surface area contributed by atoms with Gasteiger partial charge in [-0.2, -0.15) is 0 Å². The average Bonchev–Trinajstić information content (AvgIpc) is 3.20. The minimum Gasteiger partial charge on any atom is -0.472 e. The Hall–Kier alpha value is -2.88. The average molecular weight is 374 g/mol. The van der Waals surface area contributed by atoms with Crippen LogP contribution in [-0.2, 0) is 11.2 Å². The molecule has 4 heteroatoms. The summed E-state index contributed by atoms with van der Waals surface area (Å²) in [6.45, 7) is 1.43. The fourth-order valence-corrected chi connectivity index (χ4v) is 3.74. The Morgan fingerprint density at radius 2 is 1.82 bits per heavy atom. The summed E-state index contributed by atoms with van der Waals surface area (Å²) in [5, 5.41) is 1.11. The van der Waals surface area contributed by atoms with Gasteiger partial charge in [-0.15, -0.1) is 0 Å². The number of hydrogen-bond donors (Lipinski definition) is 0. The number of amides is 1. The first-order chi connectivity index (χ1) is 13.8. The summed E-state index contributed by atoms with van der Waals surface area (Å²) < 4.78 is 6.04. The highest BCUT2D eigenvalue weighted by atomic mass is 16.5. The second-order valence-corrected chi connectivity index (χ2v) is 7.40. The van der Waals surface area contributed by atoms with E-state index >= 15 is 0 Å². The normalized spacial score (nSPS) is 16.4. The van der Waals surface area contributed by atoms with Gasteiger partial charge in [-0.3, -0.25) is 4.79 Å². The first kappa shape index (κ1) is 18.5. The summed E-state index contributed by atoms with van der Waals surface area (Å²) in [7, 11) is 0. The zero-order chi connectivity index (χ0) is 19.2. The minimum absolute atomic E-state index is 0.0296. The topological polar surface area (TPSA) is 42.4 Å². The molecule has 144 valence electrons. The molecule has 1 fully saturated rings. The van der Waals surface area contributed by atoms with Crippen molar-refractivity contribution >= 4 is 16.8 Å². The summed E-state index contributed by atoms with van der Waals surface area (Å²) >= 11 is 0. The van der Waals surface area contributed by atoms with Crippen LogP contribution in [0.1, 0.15) is 31.2 Å². The zero-order valence-electron chi connectivity index (χ0n) is 16.1. The van der Waals surface area contributed by atoms with Gasteiger partial charge in [0, 0.05) is 30.8 Å². The predicted octanol–water partition coefficient (Wildman–Crippen LogP) is 4.63. The van der Waals surface area contributed by atoms with Crippen LogP contribution in [-0.4, -0.2) is 35.0 Å². The summed E-state index contributed by atoms with van der Waals surface area (Å²) in [5.74, 6) is 0.881. The van der Waals surface area contributed by atoms with Crippen molar-refractivity contribution in [2.24, 2.45) is 0 Å². The number of likely N-dealkylation sites (tertiary alicyclic amines) is 1. The molecule has 0 aliphatic carbocycles. The minimum atomic E-state index is 0.0296. The molecule has 28 heavy (non-hydrogen) atoms. The third kappa shape index (κ3) is 4.69. The molecule has 0 spiro atoms. The van der Waals surface area contributed by atoms with E-state index < -0.39 is 0 Å². The van der Waals surface area contributed by atoms with Crippen molar-refractivity contribution in [3.8, 4) is 5.88 Å². The van der Waals surface area contributed by atoms with Gasteiger partial charge in [0.2, 0.25) is 11.8 Å². The SMILES string of the molecule is O=C(CCCCc1ccccc1)N1CCC(Oc2ccc3ccccc3n2)C1. The molecule has 1 aliphatic heterocycles. The maximum atomic E-state index is 12.5. The van der Waals surface area contributed by atoms with E-state index in [2.05, 4.69) is 29.2 Å². The molecular weight excluding hydrogens is 348 g/mol. The summed E-state index contributed by atoms with van der Waals surface area (Å²) in [5.41, 5.74) is 2.27. The van der Waals surface area contributed by atoms with Crippen LogP contribution >= 0.6 is 0 Å². The summed E-state index contributed by atoms with van der Waals surface area (Å²) in [4.78, 5) is 19.0. The zero-order valence-corrected chi connectivity index (χ0v) is 16.1. The molecule has 1 saturated heterocycles. The Kier molecular flexibility index (Phi) is 5.86. The Balaban J connectivity index is 1.22. The molecule has 1 unspecified atom stereocenters. The largest absolute Gasteiger partial charge is 0.472 e. The van der Waals surface area contributed by atoms with Crippen molar-refractivity contribution in [2.45, 2.75) is 38.2 Å². The van der Waals surface area contributed by atoms with Crippen LogP contribution in [0.4, 0.5) is 0 Å². The van der Waals surface area contributed by atoms with Gasteiger partial charge in [-0.25, -0.2) is 4.98 Å². The lowest BCUT2D eigenvalue weighted by molar-refractivity contribution is -0.130. The molecule has 1 amide bonds. The Bertz CT molecular complexity index is 926. The number of unbranched alkanes of at least 4 members (excludes halogenated alkanes) is 1. The van der Waals surface area contributed by atoms with Gasteiger partial charge in [0.05, 0.1) is 12.1 Å². The highest BCUT2D eigenvalue weighted by Gasteiger charge is 2.27. The van der Waals surface area contributed by atoms with Gasteiger partial charge in [0.25, 0.3) is 0 Å². The highest BCUT2D eigenvalue weighted by molar-refractivity contribution is 5.78. The fraction of sp³-hybridized carbons (Fsp3) is 0.333. The number of hydrogen-bond acceptors (Lipinski definition) is 3. The fourth-order valence-electron chi connectivity index (χ4n) is 3.74. The van der Waals surface area contributed by atoms with Crippen LogP contribution < -0.4 is 4.74 Å². The number of carbonyl (C=O) groups excluding carboxylic acids is 1. The van der Waals surface area contributed by atoms with Gasteiger partial charge in [-0.05, 0) is 37.0 Å². The standard InChI is InChI=1S/C24H26N2O2/c27-24(13-7-4-10-19-8-2-1-3-9-19)26-17-16-21(18-26)28-23-15-14-20-11-5-6-12-22(20)25-23/h1-3,5-6,8-9,11-12,14-15,21H,4,7,10,13,16-18H2. The third-order valence-corrected chi connectivity index (χ3v) is 5.31. The molecule has 2 aromatic carbocycles. The molecule has 0 bridgehead atoms. The van der Waals surface area contributed by atoms with Crippen LogP contribution in [0.2, 0.25) is 0 Å². The van der Waals surface area contributed by atoms with E-state index in [-0.39, 0.29) is 12.0 Å². The van der Waals surface area contributed by atoms with Gasteiger partial charge >= 0.3 is 0 Å². The molecule has 1 aromatic heterocycles. The molecule has 1 aliphatic rings. The lowest BCUT2D eigenvalue weighted by Crippen LogP contribution is -2.30. The van der Waals surface area contributed by atoms with Crippen LogP contribution in [0.5, 0.6) is 5.88 Å². The number of aryl methyl sites for hydroxylation is 1. The van der Waals surface area contributed by atoms with E-state index in [0.29, 0.717) is 18.8 Å². The van der Waals surface area contributed by atoms with Crippen molar-refractivity contribution in [2.75, 3.05) is 13.1 Å². The molecule has 1 atom stereocenters. The van der Waals surface area contributed by atoms with Gasteiger partial charge in [0.15, 0.2) is 0 Å². The number of aromatic nitrogens is 1. The number of para-hydroxylation sites is 1. The van der Waals surface area contributed by atoms with Crippen LogP contribution in [0.15, 0.2) is 66.7 Å². The Morgan fingerprint density at radius 1 is 1.00 bits per heavy atom. The van der Waals surface area contributed by atoms with Crippen molar-refractivity contribution < 1.29 is 9.53 Å². The lowest BCUT2D eigenvalue weighted by Gasteiger charge is -2.17. The van der Waals surface area contributed by atoms with E-state index in [1.54, 1.807) is 0 Å². The van der Waals surface area contributed by atoms with E-state index in [4.69, 9.17) is 4.74 Å². The maximum absolute atomic E-state index is 12.5. The predicted molar refractivity (Wildman–Crippen MR) is 111 cm³/mol. The molecule has 2 heterocycles. The van der Waals surface area contributed by atoms with Crippen LogP contribution in [0, 0.1) is 0 Å². The number of carbonyl (C=O) groups is 1. The monoisotopic (exact) mass is 374 g/mol. The molecule has 0 N–H and O–H groups in total. The number of ether oxygens (including phenoxy) is 1. The first-order valence-corrected chi connectivity index (χ1v) is 10.1. The summed E-state index contributed by atoms with van der Waals surface area (Å²) in [6, 6.07) is 22.4. The van der Waals surface area contributed by atoms with Crippen molar-refractivity contribution in [1.82, 2.24) is 9.88 Å². The molecule has 0 saturated carbocycles. The molecule has 4 rings (SSSR count). The van der Waals surface area contributed by atoms with Gasteiger partial charge < -0.3 is 9.64 Å². The molecule has 3 aromatic rings. The van der Waals surface area contributed by atoms with Crippen molar-refractivity contribution in [3.05, 3.63) is 72.3 Å². The van der Waals surface area contributed by atoms with Crippen LogP contribution in [0.3, 0.4) is 0 Å². The van der Waals surface area contributed by atoms with E-state index in [1.807, 2.05) is 47.4 Å². The number of pyridine rings is 1. The maximum Gasteiger partial charge on any atom is 0.222 e. The van der Waals surface area contributed by atoms with Crippen LogP contribution in [0.25, 0.3) is 10.9 Å². The first-order valence-electron chi connectivity index (χ1n) is 10.1. The lowest BCUT2D eigenvalue weighted by atomic mass is 10.1.